The van der Waals surface area contributed by atoms with Gasteiger partial charge in [-0.25, -0.2) is 4.79 Å². The first-order valence-electron chi connectivity index (χ1n) is 9.95. The predicted molar refractivity (Wildman–Crippen MR) is 117 cm³/mol. The van der Waals surface area contributed by atoms with Gasteiger partial charge < -0.3 is 4.84 Å². The van der Waals surface area contributed by atoms with Gasteiger partial charge in [0.1, 0.15) is 20.8 Å². The van der Waals surface area contributed by atoms with Crippen LogP contribution >= 0.6 is 0 Å². The zero-order valence-corrected chi connectivity index (χ0v) is 18.9. The van der Waals surface area contributed by atoms with Crippen LogP contribution in [0.4, 0.5) is 0 Å². The van der Waals surface area contributed by atoms with E-state index >= 15 is 0 Å². The first-order valence-corrected chi connectivity index (χ1v) is 12.2. The van der Waals surface area contributed by atoms with Gasteiger partial charge >= 0.3 is 5.97 Å². The third-order valence-corrected chi connectivity index (χ3v) is 11.5. The molecule has 1 atom stereocenters. The van der Waals surface area contributed by atoms with E-state index in [1.165, 1.54) is 0 Å². The van der Waals surface area contributed by atoms with Crippen LogP contribution in [-0.2, 0) is 19.4 Å². The van der Waals surface area contributed by atoms with E-state index in [0.717, 1.165) is 10.4 Å². The average molecular weight is 432 g/mol. The maximum Gasteiger partial charge on any atom is 0.342 e. The summed E-state index contributed by atoms with van der Waals surface area (Å²) in [5.41, 5.74) is 0. The predicted octanol–water partition coefficient (Wildman–Crippen LogP) is 3.51. The van der Waals surface area contributed by atoms with Crippen LogP contribution in [0.25, 0.3) is 0 Å². The Balaban J connectivity index is 2.51. The Morgan fingerprint density at radius 3 is 1.93 bits per heavy atom. The maximum atomic E-state index is 11.4. The van der Waals surface area contributed by atoms with Crippen molar-refractivity contribution in [2.24, 2.45) is 0 Å². The monoisotopic (exact) mass is 431 g/mol. The molecule has 0 heterocycles. The van der Waals surface area contributed by atoms with Gasteiger partial charge in [-0.2, -0.15) is 4.89 Å². The zero-order valence-electron chi connectivity index (χ0n) is 17.9. The maximum absolute atomic E-state index is 11.4. The minimum absolute atomic E-state index is 0.148. The number of carbonyl (C=O) groups is 1. The number of rotatable bonds is 10. The molecule has 0 aromatic heterocycles. The first-order chi connectivity index (χ1) is 14.2. The molecule has 0 unspecified atom stereocenters. The van der Waals surface area contributed by atoms with Crippen LogP contribution in [-0.4, -0.2) is 31.8 Å². The van der Waals surface area contributed by atoms with E-state index in [1.807, 2.05) is 36.4 Å². The molecule has 2 aromatic rings. The van der Waals surface area contributed by atoms with E-state index in [9.17, 15) is 14.9 Å². The second-order valence-electron chi connectivity index (χ2n) is 8.14. The number of benzene rings is 2. The van der Waals surface area contributed by atoms with Gasteiger partial charge in [0.25, 0.3) is 5.09 Å². The van der Waals surface area contributed by atoms with E-state index < -0.39 is 25.2 Å². The van der Waals surface area contributed by atoms with Crippen molar-refractivity contribution in [1.29, 1.82) is 0 Å². The van der Waals surface area contributed by atoms with Crippen molar-refractivity contribution in [3.8, 4) is 0 Å². The third-order valence-electron chi connectivity index (χ3n) is 5.28. The minimum Gasteiger partial charge on any atom is -0.308 e. The molecule has 0 aliphatic heterocycles. The molecule has 0 saturated heterocycles. The van der Waals surface area contributed by atoms with Crippen LogP contribution < -0.4 is 10.4 Å². The molecule has 0 N–H and O–H groups in total. The smallest absolute Gasteiger partial charge is 0.308 e. The Hall–Kier alpha value is -2.71. The molecule has 162 valence electrons. The lowest BCUT2D eigenvalue weighted by Crippen LogP contribution is -2.65. The fraction of sp³-hybridized carbons (Fsp3) is 0.409. The molecule has 8 heteroatoms. The van der Waals surface area contributed by atoms with E-state index in [1.54, 1.807) is 6.92 Å². The standard InChI is InChI=1S/C22H29NO6Si/c1-5-21(24)29-27-16-18(28-23(25)26)17-30(22(2,3)4,19-12-8-6-9-13-19)20-14-10-7-11-15-20/h6-15,18H,5,16-17H2,1-4H3/t18-/m0/s1. The summed E-state index contributed by atoms with van der Waals surface area (Å²) in [4.78, 5) is 37.3. The van der Waals surface area contributed by atoms with Crippen molar-refractivity contribution in [1.82, 2.24) is 0 Å². The van der Waals surface area contributed by atoms with Gasteiger partial charge in [-0.05, 0) is 11.1 Å². The summed E-state index contributed by atoms with van der Waals surface area (Å²) in [6.45, 7) is 7.87. The van der Waals surface area contributed by atoms with Crippen molar-refractivity contribution in [2.45, 2.75) is 51.3 Å². The van der Waals surface area contributed by atoms with Crippen LogP contribution in [0.15, 0.2) is 60.7 Å². The van der Waals surface area contributed by atoms with Crippen LogP contribution in [0.5, 0.6) is 0 Å². The fourth-order valence-electron chi connectivity index (χ4n) is 3.84. The highest BCUT2D eigenvalue weighted by atomic mass is 28.3. The molecule has 0 amide bonds. The lowest BCUT2D eigenvalue weighted by Gasteiger charge is -2.45. The second kappa shape index (κ2) is 10.4. The number of nitrogens with zero attached hydrogens (tertiary/aromatic N) is 1. The summed E-state index contributed by atoms with van der Waals surface area (Å²) in [5, 5.41) is 12.5. The van der Waals surface area contributed by atoms with Crippen molar-refractivity contribution in [3.63, 3.8) is 0 Å². The molecule has 0 bridgehead atoms. The quantitative estimate of drug-likeness (QED) is 0.248. The lowest BCUT2D eigenvalue weighted by atomic mass is 10.2. The van der Waals surface area contributed by atoms with Gasteiger partial charge in [0.05, 0.1) is 0 Å². The molecule has 7 nitrogen and oxygen atoms in total. The summed E-state index contributed by atoms with van der Waals surface area (Å²) in [6, 6.07) is 20.5. The van der Waals surface area contributed by atoms with Crippen molar-refractivity contribution >= 4 is 24.4 Å². The summed E-state index contributed by atoms with van der Waals surface area (Å²) < 4.78 is 0. The first kappa shape index (κ1) is 23.6. The van der Waals surface area contributed by atoms with Gasteiger partial charge in [-0.3, -0.25) is 4.89 Å². The second-order valence-corrected chi connectivity index (χ2v) is 13.0. The van der Waals surface area contributed by atoms with Gasteiger partial charge in [0.2, 0.25) is 0 Å². The van der Waals surface area contributed by atoms with E-state index in [-0.39, 0.29) is 18.1 Å². The highest BCUT2D eigenvalue weighted by Gasteiger charge is 2.49. The van der Waals surface area contributed by atoms with Crippen molar-refractivity contribution < 1.29 is 24.5 Å². The number of hydrogen-bond acceptors (Lipinski definition) is 6. The molecule has 0 radical (unpaired) electrons. The Morgan fingerprint density at radius 2 is 1.53 bits per heavy atom. The van der Waals surface area contributed by atoms with Crippen LogP contribution in [0.1, 0.15) is 34.1 Å². The van der Waals surface area contributed by atoms with E-state index in [4.69, 9.17) is 9.73 Å². The van der Waals surface area contributed by atoms with Gasteiger partial charge in [0, 0.05) is 6.42 Å². The van der Waals surface area contributed by atoms with Gasteiger partial charge in [-0.15, -0.1) is 10.1 Å². The molecular formula is C22H29NO6Si. The summed E-state index contributed by atoms with van der Waals surface area (Å²) >= 11 is 0. The molecule has 0 aliphatic carbocycles. The molecule has 2 aromatic carbocycles. The van der Waals surface area contributed by atoms with Gasteiger partial charge in [-0.1, -0.05) is 98.7 Å². The molecule has 0 aliphatic rings. The largest absolute Gasteiger partial charge is 0.342 e. The third kappa shape index (κ3) is 5.67. The summed E-state index contributed by atoms with van der Waals surface area (Å²) in [7, 11) is -2.61. The van der Waals surface area contributed by atoms with Crippen LogP contribution in [0, 0.1) is 10.1 Å². The molecular weight excluding hydrogens is 402 g/mol. The lowest BCUT2D eigenvalue weighted by molar-refractivity contribution is -0.768. The van der Waals surface area contributed by atoms with Gasteiger partial charge in [0.15, 0.2) is 0 Å². The summed E-state index contributed by atoms with van der Waals surface area (Å²) in [5.74, 6) is -0.541. The van der Waals surface area contributed by atoms with E-state index in [2.05, 4.69) is 49.9 Å². The molecule has 30 heavy (non-hydrogen) atoms. The fourth-order valence-corrected chi connectivity index (χ4v) is 9.39. The van der Waals surface area contributed by atoms with E-state index in [0.29, 0.717) is 6.04 Å². The Kier molecular flexibility index (Phi) is 8.13. The normalized spacial score (nSPS) is 12.8. The Bertz CT molecular complexity index is 783. The van der Waals surface area contributed by atoms with Crippen LogP contribution in [0.3, 0.4) is 0 Å². The topological polar surface area (TPSA) is 87.9 Å². The van der Waals surface area contributed by atoms with Crippen molar-refractivity contribution in [2.75, 3.05) is 6.61 Å². The minimum atomic E-state index is -2.61. The Labute approximate surface area is 178 Å². The highest BCUT2D eigenvalue weighted by molar-refractivity contribution is 7.04. The zero-order chi connectivity index (χ0) is 22.2. The SMILES string of the molecule is CCC(=O)OOC[C@@H](C[Si](c1ccccc1)(c1ccccc1)C(C)(C)C)O[N+](=O)[O-]. The van der Waals surface area contributed by atoms with Crippen molar-refractivity contribution in [3.05, 3.63) is 70.8 Å². The molecule has 2 rings (SSSR count). The summed E-state index contributed by atoms with van der Waals surface area (Å²) in [6.07, 6.45) is -0.744. The number of carbonyl (C=O) groups excluding carboxylic acids is 1. The highest BCUT2D eigenvalue weighted by Crippen LogP contribution is 2.39. The average Bonchev–Trinajstić information content (AvgIpc) is 2.71. The molecule has 0 spiro atoms. The van der Waals surface area contributed by atoms with Crippen LogP contribution in [0.2, 0.25) is 11.1 Å². The number of hydrogen-bond donors (Lipinski definition) is 0. The Morgan fingerprint density at radius 1 is 1.03 bits per heavy atom. The molecule has 0 fully saturated rings. The molecule has 0 saturated carbocycles.